The Morgan fingerprint density at radius 2 is 2.00 bits per heavy atom. The number of hydrogen-bond acceptors (Lipinski definition) is 4. The van der Waals surface area contributed by atoms with E-state index in [0.29, 0.717) is 6.54 Å². The Morgan fingerprint density at radius 1 is 1.31 bits per heavy atom. The largest absolute Gasteiger partial charge is 0.365 e. The van der Waals surface area contributed by atoms with Crippen molar-refractivity contribution >= 4 is 9.84 Å². The Bertz CT molecular complexity index is 377. The zero-order valence-electron chi connectivity index (χ0n) is 10.2. The second-order valence-corrected chi connectivity index (χ2v) is 7.97. The molecule has 0 aromatic heterocycles. The molecular weight excluding hydrogens is 226 g/mol. The van der Waals surface area contributed by atoms with Crippen molar-refractivity contribution in [3.63, 3.8) is 0 Å². The Balaban J connectivity index is 2.30. The minimum Gasteiger partial charge on any atom is -0.365 e. The molecule has 1 aliphatic heterocycles. The molecule has 94 valence electrons. The summed E-state index contributed by atoms with van der Waals surface area (Å²) in [4.78, 5) is 0. The lowest BCUT2D eigenvalue weighted by molar-refractivity contribution is -0.155. The van der Waals surface area contributed by atoms with Crippen LogP contribution in [-0.2, 0) is 14.6 Å². The van der Waals surface area contributed by atoms with E-state index in [0.717, 1.165) is 25.8 Å². The molecule has 0 aromatic carbocycles. The number of rotatable bonds is 1. The summed E-state index contributed by atoms with van der Waals surface area (Å²) in [7, 11) is -3.03. The molecule has 2 unspecified atom stereocenters. The van der Waals surface area contributed by atoms with Crippen molar-refractivity contribution < 1.29 is 13.2 Å². The van der Waals surface area contributed by atoms with Crippen LogP contribution in [0.4, 0.5) is 0 Å². The highest BCUT2D eigenvalue weighted by Gasteiger charge is 2.53. The van der Waals surface area contributed by atoms with Crippen molar-refractivity contribution in [2.24, 2.45) is 0 Å². The van der Waals surface area contributed by atoms with Crippen molar-refractivity contribution in [2.45, 2.75) is 49.6 Å². The third-order valence-electron chi connectivity index (χ3n) is 3.62. The van der Waals surface area contributed by atoms with Crippen LogP contribution in [0, 0.1) is 0 Å². The highest BCUT2D eigenvalue weighted by Crippen LogP contribution is 2.41. The third-order valence-corrected chi connectivity index (χ3v) is 5.32. The fraction of sp³-hybridized carbons (Fsp3) is 1.00. The van der Waals surface area contributed by atoms with E-state index in [2.05, 4.69) is 5.32 Å². The first-order valence-electron chi connectivity index (χ1n) is 5.85. The van der Waals surface area contributed by atoms with Gasteiger partial charge in [0.1, 0.15) is 0 Å². The molecule has 4 nitrogen and oxygen atoms in total. The first-order valence-corrected chi connectivity index (χ1v) is 7.80. The quantitative estimate of drug-likeness (QED) is 0.742. The molecule has 0 amide bonds. The van der Waals surface area contributed by atoms with Crippen molar-refractivity contribution in [2.75, 3.05) is 19.3 Å². The number of hydrogen-bond donors (Lipinski definition) is 1. The summed E-state index contributed by atoms with van der Waals surface area (Å²) in [5.74, 6) is 0. The molecule has 2 atom stereocenters. The van der Waals surface area contributed by atoms with Gasteiger partial charge in [-0.2, -0.15) is 0 Å². The molecule has 1 saturated carbocycles. The highest BCUT2D eigenvalue weighted by molar-refractivity contribution is 7.91. The monoisotopic (exact) mass is 247 g/mol. The van der Waals surface area contributed by atoms with Gasteiger partial charge < -0.3 is 10.1 Å². The molecule has 16 heavy (non-hydrogen) atoms. The van der Waals surface area contributed by atoms with Gasteiger partial charge in [-0.1, -0.05) is 0 Å². The van der Waals surface area contributed by atoms with Gasteiger partial charge in [0, 0.05) is 19.3 Å². The van der Waals surface area contributed by atoms with Crippen molar-refractivity contribution in [1.82, 2.24) is 5.32 Å². The van der Waals surface area contributed by atoms with Crippen LogP contribution in [0.5, 0.6) is 0 Å². The van der Waals surface area contributed by atoms with Crippen LogP contribution in [0.2, 0.25) is 0 Å². The Morgan fingerprint density at radius 3 is 2.56 bits per heavy atom. The van der Waals surface area contributed by atoms with Gasteiger partial charge in [0.25, 0.3) is 0 Å². The summed E-state index contributed by atoms with van der Waals surface area (Å²) in [5, 5.41) is 2.98. The van der Waals surface area contributed by atoms with E-state index in [1.807, 2.05) is 13.8 Å². The van der Waals surface area contributed by atoms with E-state index in [1.165, 1.54) is 6.26 Å². The second-order valence-electron chi connectivity index (χ2n) is 5.74. The zero-order valence-corrected chi connectivity index (χ0v) is 11.1. The summed E-state index contributed by atoms with van der Waals surface area (Å²) >= 11 is 0. The van der Waals surface area contributed by atoms with Crippen LogP contribution < -0.4 is 5.32 Å². The minimum absolute atomic E-state index is 0.272. The zero-order chi connectivity index (χ0) is 12.0. The number of sulfone groups is 1. The lowest BCUT2D eigenvalue weighted by atomic mass is 9.95. The van der Waals surface area contributed by atoms with Crippen molar-refractivity contribution in [3.8, 4) is 0 Å². The summed E-state index contributed by atoms with van der Waals surface area (Å²) in [6.07, 6.45) is 3.85. The molecule has 2 rings (SSSR count). The smallest absolute Gasteiger partial charge is 0.153 e. The maximum Gasteiger partial charge on any atom is 0.153 e. The van der Waals surface area contributed by atoms with Gasteiger partial charge in [0.05, 0.1) is 16.5 Å². The lowest BCUT2D eigenvalue weighted by Gasteiger charge is -2.46. The normalized spacial score (nSPS) is 39.1. The van der Waals surface area contributed by atoms with E-state index in [1.54, 1.807) is 0 Å². The molecule has 5 heteroatoms. The highest BCUT2D eigenvalue weighted by atomic mass is 32.2. The molecule has 1 saturated heterocycles. The van der Waals surface area contributed by atoms with Crippen LogP contribution in [-0.4, -0.2) is 44.2 Å². The maximum atomic E-state index is 11.8. The van der Waals surface area contributed by atoms with Crippen LogP contribution in [0.3, 0.4) is 0 Å². The summed E-state index contributed by atoms with van der Waals surface area (Å²) in [5.41, 5.74) is -0.763. The Hall–Kier alpha value is -0.130. The fourth-order valence-electron chi connectivity index (χ4n) is 3.13. The molecule has 1 aliphatic carbocycles. The van der Waals surface area contributed by atoms with E-state index in [9.17, 15) is 8.42 Å². The van der Waals surface area contributed by atoms with Gasteiger partial charge in [-0.05, 0) is 33.1 Å². The van der Waals surface area contributed by atoms with Gasteiger partial charge in [0.2, 0.25) is 0 Å². The fourth-order valence-corrected chi connectivity index (χ4v) is 4.76. The molecule has 2 fully saturated rings. The van der Waals surface area contributed by atoms with Crippen molar-refractivity contribution in [3.05, 3.63) is 0 Å². The number of nitrogens with one attached hydrogen (secondary N) is 1. The maximum absolute atomic E-state index is 11.8. The van der Waals surface area contributed by atoms with Gasteiger partial charge in [-0.3, -0.25) is 0 Å². The van der Waals surface area contributed by atoms with E-state index < -0.39 is 15.4 Å². The topological polar surface area (TPSA) is 55.4 Å². The second kappa shape index (κ2) is 3.68. The van der Waals surface area contributed by atoms with Crippen LogP contribution in [0.15, 0.2) is 0 Å². The first-order chi connectivity index (χ1) is 7.25. The number of ether oxygens (including phenoxy) is 1. The molecule has 1 N–H and O–H groups in total. The molecule has 2 aliphatic rings. The van der Waals surface area contributed by atoms with Crippen LogP contribution >= 0.6 is 0 Å². The average Bonchev–Trinajstić information content (AvgIpc) is 2.44. The van der Waals surface area contributed by atoms with E-state index >= 15 is 0 Å². The van der Waals surface area contributed by atoms with Crippen LogP contribution in [0.1, 0.15) is 33.1 Å². The number of morpholine rings is 1. The van der Waals surface area contributed by atoms with E-state index in [-0.39, 0.29) is 10.9 Å². The SMILES string of the molecule is CC1(C)CNCC2(CCCC2S(C)(=O)=O)O1. The summed E-state index contributed by atoms with van der Waals surface area (Å²) < 4.78 is 29.7. The predicted molar refractivity (Wildman–Crippen MR) is 63.2 cm³/mol. The molecule has 0 radical (unpaired) electrons. The molecule has 0 aromatic rings. The van der Waals surface area contributed by atoms with Gasteiger partial charge in [0.15, 0.2) is 9.84 Å². The van der Waals surface area contributed by atoms with Crippen LogP contribution in [0.25, 0.3) is 0 Å². The summed E-state index contributed by atoms with van der Waals surface area (Å²) in [6, 6.07) is 0. The summed E-state index contributed by atoms with van der Waals surface area (Å²) in [6.45, 7) is 5.47. The minimum atomic E-state index is -3.03. The predicted octanol–water partition coefficient (Wildman–Crippen LogP) is 0.721. The van der Waals surface area contributed by atoms with E-state index in [4.69, 9.17) is 4.74 Å². The molecule has 1 heterocycles. The molecular formula is C11H21NO3S. The average molecular weight is 247 g/mol. The standard InChI is InChI=1S/C11H21NO3S/c1-10(2)7-12-8-11(15-10)6-4-5-9(11)16(3,13)14/h9,12H,4-8H2,1-3H3. The molecule has 0 bridgehead atoms. The van der Waals surface area contributed by atoms with Gasteiger partial charge >= 0.3 is 0 Å². The Kier molecular flexibility index (Phi) is 2.84. The van der Waals surface area contributed by atoms with Gasteiger partial charge in [-0.15, -0.1) is 0 Å². The lowest BCUT2D eigenvalue weighted by Crippen LogP contribution is -2.62. The first kappa shape index (κ1) is 12.3. The van der Waals surface area contributed by atoms with Gasteiger partial charge in [-0.25, -0.2) is 8.42 Å². The molecule has 1 spiro atoms. The van der Waals surface area contributed by atoms with Crippen molar-refractivity contribution in [1.29, 1.82) is 0 Å². The Labute approximate surface area is 97.7 Å². The third kappa shape index (κ3) is 2.13.